The predicted octanol–water partition coefficient (Wildman–Crippen LogP) is 6.06. The average Bonchev–Trinajstić information content (AvgIpc) is 3.22. The monoisotopic (exact) mass is 461 g/mol. The van der Waals surface area contributed by atoms with Crippen molar-refractivity contribution in [3.8, 4) is 5.75 Å². The van der Waals surface area contributed by atoms with Crippen molar-refractivity contribution in [2.24, 2.45) is 0 Å². The van der Waals surface area contributed by atoms with Crippen LogP contribution >= 0.6 is 19.6 Å². The number of para-hydroxylation sites is 1. The van der Waals surface area contributed by atoms with Crippen molar-refractivity contribution in [1.29, 1.82) is 0 Å². The number of nitrogens with one attached hydrogen (secondary N) is 1. The highest BCUT2D eigenvalue weighted by Gasteiger charge is 2.16. The first kappa shape index (κ1) is 24.8. The number of carbonyl (C=O) groups excluding carboxylic acids is 1. The number of carbonyl (C=O) groups is 2. The van der Waals surface area contributed by atoms with Crippen LogP contribution in [-0.2, 0) is 15.7 Å². The summed E-state index contributed by atoms with van der Waals surface area (Å²) < 4.78 is 12.1. The molecule has 0 spiro atoms. The number of hydrogen-bond donors (Lipinski definition) is 2. The average molecular weight is 462 g/mol. The van der Waals surface area contributed by atoms with Crippen LogP contribution in [0.5, 0.6) is 5.75 Å². The number of hydrogen-bond acceptors (Lipinski definition) is 6. The molecule has 3 aromatic rings. The molecule has 3 rings (SSSR count). The topological polar surface area (TPSA) is 84.9 Å². The van der Waals surface area contributed by atoms with E-state index < -0.39 is 14.3 Å². The maximum atomic E-state index is 11.9. The van der Waals surface area contributed by atoms with Gasteiger partial charge in [0, 0.05) is 10.9 Å². The van der Waals surface area contributed by atoms with Gasteiger partial charge < -0.3 is 14.4 Å². The molecular formula is C23H28NO5PS. The van der Waals surface area contributed by atoms with Gasteiger partial charge in [0.15, 0.2) is 8.30 Å². The van der Waals surface area contributed by atoms with Crippen molar-refractivity contribution in [2.75, 3.05) is 13.2 Å². The summed E-state index contributed by atoms with van der Waals surface area (Å²) in [5.74, 6) is -0.511. The van der Waals surface area contributed by atoms with Gasteiger partial charge in [-0.15, -0.1) is 11.3 Å². The summed E-state index contributed by atoms with van der Waals surface area (Å²) in [5.41, 5.74) is 1.00. The summed E-state index contributed by atoms with van der Waals surface area (Å²) in [4.78, 5) is 23.4. The summed E-state index contributed by atoms with van der Waals surface area (Å²) in [6, 6.07) is 17.0. The molecular weight excluding hydrogens is 433 g/mol. The van der Waals surface area contributed by atoms with Gasteiger partial charge in [0.2, 0.25) is 0 Å². The molecule has 31 heavy (non-hydrogen) atoms. The van der Waals surface area contributed by atoms with Crippen LogP contribution in [0.25, 0.3) is 10.1 Å². The zero-order valence-corrected chi connectivity index (χ0v) is 19.7. The third kappa shape index (κ3) is 7.94. The van der Waals surface area contributed by atoms with Crippen molar-refractivity contribution in [1.82, 2.24) is 5.09 Å². The van der Waals surface area contributed by atoms with Crippen LogP contribution in [0.4, 0.5) is 0 Å². The lowest BCUT2D eigenvalue weighted by atomic mass is 10.2. The summed E-state index contributed by atoms with van der Waals surface area (Å²) in [6.45, 7) is 6.42. The zero-order valence-electron chi connectivity index (χ0n) is 18.0. The quantitative estimate of drug-likeness (QED) is 0.282. The fraction of sp³-hybridized carbons (Fsp3) is 0.304. The standard InChI is InChI=1S/C21H22NO5PS.C2H6/c1-2-10-26-20(23)13-22-28(27-17-6-4-3-5-7-17)14-15-8-9-18-16(11-15)12-19(29-18)21(24)25;1-2/h3-9,11-12,22H,2,10,13-14H2,1H3,(H,24,25);1-2H3. The second kappa shape index (κ2) is 13.1. The lowest BCUT2D eigenvalue weighted by Gasteiger charge is -2.19. The highest BCUT2D eigenvalue weighted by molar-refractivity contribution is 7.50. The van der Waals surface area contributed by atoms with E-state index in [0.717, 1.165) is 27.8 Å². The largest absolute Gasteiger partial charge is 0.477 e. The Labute approximate surface area is 188 Å². The van der Waals surface area contributed by atoms with Gasteiger partial charge in [0.05, 0.1) is 6.61 Å². The van der Waals surface area contributed by atoms with Gasteiger partial charge >= 0.3 is 11.9 Å². The second-order valence-corrected chi connectivity index (χ2v) is 8.94. The first-order chi connectivity index (χ1) is 15.0. The SMILES string of the molecule is CC.CCCOC(=O)CNP(Cc1ccc2sc(C(=O)O)cc2c1)Oc1ccccc1. The number of esters is 1. The van der Waals surface area contributed by atoms with Crippen LogP contribution in [0.1, 0.15) is 42.4 Å². The van der Waals surface area contributed by atoms with Gasteiger partial charge in [-0.2, -0.15) is 0 Å². The highest BCUT2D eigenvalue weighted by Crippen LogP contribution is 2.39. The van der Waals surface area contributed by atoms with E-state index in [1.165, 1.54) is 11.3 Å². The van der Waals surface area contributed by atoms with E-state index in [4.69, 9.17) is 9.26 Å². The van der Waals surface area contributed by atoms with Gasteiger partial charge in [0.1, 0.15) is 17.2 Å². The molecule has 0 aliphatic carbocycles. The minimum atomic E-state index is -1.19. The molecule has 1 heterocycles. The molecule has 0 amide bonds. The summed E-state index contributed by atoms with van der Waals surface area (Å²) in [5, 5.41) is 13.3. The molecule has 1 unspecified atom stereocenters. The number of thiophene rings is 1. The number of aromatic carboxylic acids is 1. The van der Waals surface area contributed by atoms with Gasteiger partial charge in [-0.25, -0.2) is 4.79 Å². The molecule has 2 N–H and O–H groups in total. The molecule has 166 valence electrons. The molecule has 0 saturated carbocycles. The number of carboxylic acid groups (broad SMARTS) is 1. The molecule has 0 radical (unpaired) electrons. The molecule has 0 aliphatic rings. The Morgan fingerprint density at radius 2 is 1.84 bits per heavy atom. The van der Waals surface area contributed by atoms with E-state index in [9.17, 15) is 14.7 Å². The van der Waals surface area contributed by atoms with E-state index in [0.29, 0.717) is 17.6 Å². The number of fused-ring (bicyclic) bond motifs is 1. The molecule has 0 bridgehead atoms. The molecule has 0 saturated heterocycles. The zero-order chi connectivity index (χ0) is 22.6. The molecule has 8 heteroatoms. The number of carboxylic acids is 1. The maximum Gasteiger partial charge on any atom is 0.345 e. The molecule has 2 aromatic carbocycles. The van der Waals surface area contributed by atoms with E-state index in [2.05, 4.69) is 5.09 Å². The van der Waals surface area contributed by atoms with Crippen LogP contribution in [0.15, 0.2) is 54.6 Å². The van der Waals surface area contributed by atoms with Crippen LogP contribution in [0, 0.1) is 0 Å². The Bertz CT molecular complexity index is 977. The van der Waals surface area contributed by atoms with Crippen molar-refractivity contribution >= 4 is 41.7 Å². The third-order valence-corrected chi connectivity index (χ3v) is 6.64. The Kier molecular flexibility index (Phi) is 10.4. The summed E-state index contributed by atoms with van der Waals surface area (Å²) in [6.07, 6.45) is 1.35. The van der Waals surface area contributed by atoms with E-state index >= 15 is 0 Å². The van der Waals surface area contributed by atoms with Crippen molar-refractivity contribution in [3.63, 3.8) is 0 Å². The lowest BCUT2D eigenvalue weighted by Crippen LogP contribution is -2.23. The molecule has 6 nitrogen and oxygen atoms in total. The van der Waals surface area contributed by atoms with Crippen molar-refractivity contribution < 1.29 is 24.0 Å². The number of ether oxygens (including phenoxy) is 1. The van der Waals surface area contributed by atoms with E-state index in [1.807, 2.05) is 69.3 Å². The lowest BCUT2D eigenvalue weighted by molar-refractivity contribution is -0.142. The Morgan fingerprint density at radius 1 is 1.10 bits per heavy atom. The predicted molar refractivity (Wildman–Crippen MR) is 127 cm³/mol. The minimum absolute atomic E-state index is 0.0718. The number of benzene rings is 2. The molecule has 1 aromatic heterocycles. The maximum absolute atomic E-state index is 11.9. The minimum Gasteiger partial charge on any atom is -0.477 e. The number of rotatable bonds is 10. The Balaban J connectivity index is 0.00000166. The van der Waals surface area contributed by atoms with Crippen LogP contribution < -0.4 is 9.61 Å². The van der Waals surface area contributed by atoms with Gasteiger partial charge in [-0.1, -0.05) is 45.0 Å². The van der Waals surface area contributed by atoms with Crippen LogP contribution in [0.3, 0.4) is 0 Å². The Morgan fingerprint density at radius 3 is 2.52 bits per heavy atom. The van der Waals surface area contributed by atoms with Gasteiger partial charge in [0.25, 0.3) is 0 Å². The fourth-order valence-corrected chi connectivity index (χ4v) is 4.94. The van der Waals surface area contributed by atoms with Gasteiger partial charge in [-0.05, 0) is 47.7 Å². The van der Waals surface area contributed by atoms with Crippen LogP contribution in [0.2, 0.25) is 0 Å². The first-order valence-corrected chi connectivity index (χ1v) is 12.5. The summed E-state index contributed by atoms with van der Waals surface area (Å²) in [7, 11) is -1.19. The molecule has 1 atom stereocenters. The van der Waals surface area contributed by atoms with Crippen LogP contribution in [-0.4, -0.2) is 30.2 Å². The van der Waals surface area contributed by atoms with E-state index in [1.54, 1.807) is 6.07 Å². The highest BCUT2D eigenvalue weighted by atomic mass is 32.1. The second-order valence-electron chi connectivity index (χ2n) is 6.28. The normalized spacial score (nSPS) is 11.3. The smallest absolute Gasteiger partial charge is 0.345 e. The third-order valence-electron chi connectivity index (χ3n) is 3.94. The molecule has 0 fully saturated rings. The summed E-state index contributed by atoms with van der Waals surface area (Å²) >= 11 is 1.26. The fourth-order valence-electron chi connectivity index (χ4n) is 2.61. The van der Waals surface area contributed by atoms with Crippen molar-refractivity contribution in [2.45, 2.75) is 33.4 Å². The Hall–Kier alpha value is -2.47. The van der Waals surface area contributed by atoms with Gasteiger partial charge in [-0.3, -0.25) is 9.88 Å². The molecule has 0 aliphatic heterocycles. The first-order valence-electron chi connectivity index (χ1n) is 10.2. The van der Waals surface area contributed by atoms with Crippen molar-refractivity contribution in [3.05, 3.63) is 65.0 Å². The van der Waals surface area contributed by atoms with E-state index in [-0.39, 0.29) is 12.5 Å².